The molecular weight excluding hydrogens is 376 g/mol. The average Bonchev–Trinajstić information content (AvgIpc) is 3.34. The number of hydrogen-bond donors (Lipinski definition) is 1. The molecule has 28 heavy (non-hydrogen) atoms. The van der Waals surface area contributed by atoms with E-state index in [0.29, 0.717) is 19.8 Å². The minimum Gasteiger partial charge on any atom is -0.488 e. The third-order valence-electron chi connectivity index (χ3n) is 5.60. The molecule has 1 N–H and O–H groups in total. The molecule has 2 aromatic carbocycles. The number of nitrogens with one attached hydrogen (secondary N) is 1. The predicted molar refractivity (Wildman–Crippen MR) is 109 cm³/mol. The second kappa shape index (κ2) is 7.41. The second-order valence-electron chi connectivity index (χ2n) is 7.39. The van der Waals surface area contributed by atoms with E-state index in [9.17, 15) is 0 Å². The molecule has 0 radical (unpaired) electrons. The number of aromatic amines is 1. The van der Waals surface area contributed by atoms with Gasteiger partial charge in [0.2, 0.25) is 0 Å². The topological polar surface area (TPSA) is 46.7 Å². The highest BCUT2D eigenvalue weighted by Gasteiger charge is 2.29. The van der Waals surface area contributed by atoms with Crippen LogP contribution in [0.25, 0.3) is 10.9 Å². The molecule has 0 spiro atoms. The molecule has 0 saturated carbocycles. The average molecular weight is 399 g/mol. The van der Waals surface area contributed by atoms with Crippen molar-refractivity contribution in [2.24, 2.45) is 0 Å². The van der Waals surface area contributed by atoms with Crippen molar-refractivity contribution in [3.63, 3.8) is 0 Å². The van der Waals surface area contributed by atoms with Crippen LogP contribution in [-0.2, 0) is 15.9 Å². The van der Waals surface area contributed by atoms with E-state index in [4.69, 9.17) is 25.8 Å². The lowest BCUT2D eigenvalue weighted by molar-refractivity contribution is -0.0684. The van der Waals surface area contributed by atoms with Crippen molar-refractivity contribution >= 4 is 22.5 Å². The molecule has 1 fully saturated rings. The van der Waals surface area contributed by atoms with Gasteiger partial charge in [-0.1, -0.05) is 23.7 Å². The van der Waals surface area contributed by atoms with Gasteiger partial charge in [0.05, 0.1) is 19.3 Å². The van der Waals surface area contributed by atoms with Crippen molar-refractivity contribution in [2.45, 2.75) is 18.8 Å². The third-order valence-corrected chi connectivity index (χ3v) is 5.84. The number of halogens is 1. The first-order valence-electron chi connectivity index (χ1n) is 9.65. The Hall–Kier alpha value is -2.05. The fourth-order valence-electron chi connectivity index (χ4n) is 4.22. The number of benzene rings is 2. The maximum atomic E-state index is 6.24. The molecule has 3 aromatic rings. The molecule has 2 aliphatic rings. The molecule has 1 atom stereocenters. The van der Waals surface area contributed by atoms with Crippen LogP contribution in [0.1, 0.15) is 22.9 Å². The Morgan fingerprint density at radius 1 is 1.14 bits per heavy atom. The number of ether oxygens (including phenoxy) is 3. The number of rotatable bonds is 4. The number of H-pyrrole nitrogens is 1. The lowest BCUT2D eigenvalue weighted by Gasteiger charge is -2.33. The van der Waals surface area contributed by atoms with Crippen LogP contribution in [0.3, 0.4) is 0 Å². The van der Waals surface area contributed by atoms with Crippen LogP contribution in [0.15, 0.2) is 42.5 Å². The maximum Gasteiger partial charge on any atom is 0.191 e. The zero-order valence-electron chi connectivity index (χ0n) is 15.8. The van der Waals surface area contributed by atoms with Gasteiger partial charge in [-0.2, -0.15) is 0 Å². The van der Waals surface area contributed by atoms with Crippen LogP contribution < -0.4 is 4.74 Å². The van der Waals surface area contributed by atoms with E-state index < -0.39 is 0 Å². The highest BCUT2D eigenvalue weighted by atomic mass is 35.5. The lowest BCUT2D eigenvalue weighted by Crippen LogP contribution is -2.32. The summed E-state index contributed by atoms with van der Waals surface area (Å²) in [7, 11) is 2.17. The van der Waals surface area contributed by atoms with Crippen molar-refractivity contribution < 1.29 is 14.2 Å². The van der Waals surface area contributed by atoms with Gasteiger partial charge in [-0.25, -0.2) is 0 Å². The van der Waals surface area contributed by atoms with E-state index in [1.165, 1.54) is 22.2 Å². The molecule has 1 unspecified atom stereocenters. The van der Waals surface area contributed by atoms with Crippen LogP contribution in [0.4, 0.5) is 0 Å². The summed E-state index contributed by atoms with van der Waals surface area (Å²) in [4.78, 5) is 6.02. The summed E-state index contributed by atoms with van der Waals surface area (Å²) in [5.74, 6) is 0.824. The van der Waals surface area contributed by atoms with Crippen LogP contribution in [0, 0.1) is 0 Å². The van der Waals surface area contributed by atoms with Gasteiger partial charge in [0.25, 0.3) is 0 Å². The van der Waals surface area contributed by atoms with Gasteiger partial charge in [0.15, 0.2) is 6.29 Å². The fraction of sp³-hybridized carbons (Fsp3) is 0.364. The number of likely N-dealkylation sites (N-methyl/N-ethyl adjacent to an activating group) is 1. The molecular formula is C22H23ClN2O3. The van der Waals surface area contributed by atoms with E-state index in [1.54, 1.807) is 0 Å². The largest absolute Gasteiger partial charge is 0.488 e. The predicted octanol–water partition coefficient (Wildman–Crippen LogP) is 4.15. The quantitative estimate of drug-likeness (QED) is 0.717. The zero-order chi connectivity index (χ0) is 19.1. The van der Waals surface area contributed by atoms with E-state index in [2.05, 4.69) is 41.2 Å². The first-order chi connectivity index (χ1) is 13.7. The SMILES string of the molecule is CN1CCc2c([nH]c3ccc(Cl)cc23)C1c1ccc(OCC2OCCO2)cc1. The number of aromatic nitrogens is 1. The Balaban J connectivity index is 1.42. The summed E-state index contributed by atoms with van der Waals surface area (Å²) in [5, 5.41) is 2.01. The van der Waals surface area contributed by atoms with Crippen LogP contribution >= 0.6 is 11.6 Å². The summed E-state index contributed by atoms with van der Waals surface area (Å²) in [5.41, 5.74) is 5.01. The molecule has 1 aromatic heterocycles. The first kappa shape index (κ1) is 18.0. The molecule has 0 bridgehead atoms. The summed E-state index contributed by atoms with van der Waals surface area (Å²) in [6, 6.07) is 14.6. The van der Waals surface area contributed by atoms with Crippen LogP contribution in [0.5, 0.6) is 5.75 Å². The highest BCUT2D eigenvalue weighted by molar-refractivity contribution is 6.31. The van der Waals surface area contributed by atoms with E-state index in [-0.39, 0.29) is 12.3 Å². The lowest BCUT2D eigenvalue weighted by atomic mass is 9.93. The van der Waals surface area contributed by atoms with Gasteiger partial charge in [0.1, 0.15) is 12.4 Å². The summed E-state index contributed by atoms with van der Waals surface area (Å²) in [6.45, 7) is 2.69. The molecule has 5 rings (SSSR count). The van der Waals surface area contributed by atoms with Gasteiger partial charge in [0, 0.05) is 28.2 Å². The van der Waals surface area contributed by atoms with E-state index >= 15 is 0 Å². The summed E-state index contributed by atoms with van der Waals surface area (Å²) < 4.78 is 16.6. The second-order valence-corrected chi connectivity index (χ2v) is 7.83. The number of hydrogen-bond acceptors (Lipinski definition) is 4. The normalized spacial score (nSPS) is 20.6. The Kier molecular flexibility index (Phi) is 4.77. The molecule has 0 aliphatic carbocycles. The third kappa shape index (κ3) is 3.29. The molecule has 3 heterocycles. The van der Waals surface area contributed by atoms with Gasteiger partial charge < -0.3 is 19.2 Å². The Bertz CT molecular complexity index is 979. The molecule has 1 saturated heterocycles. The minimum absolute atomic E-state index is 0.186. The standard InChI is InChI=1S/C22H23ClN2O3/c1-25-9-8-17-18-12-15(23)4-7-19(18)24-21(17)22(25)14-2-5-16(6-3-14)28-13-20-26-10-11-27-20/h2-7,12,20,22,24H,8-11,13H2,1H3. The Morgan fingerprint density at radius 2 is 1.93 bits per heavy atom. The van der Waals surface area contributed by atoms with Crippen molar-refractivity contribution in [3.05, 3.63) is 64.3 Å². The fourth-order valence-corrected chi connectivity index (χ4v) is 4.39. The molecule has 0 amide bonds. The zero-order valence-corrected chi connectivity index (χ0v) is 16.5. The molecule has 2 aliphatic heterocycles. The van der Waals surface area contributed by atoms with Gasteiger partial charge in [-0.15, -0.1) is 0 Å². The number of nitrogens with zero attached hydrogens (tertiary/aromatic N) is 1. The van der Waals surface area contributed by atoms with Gasteiger partial charge >= 0.3 is 0 Å². The minimum atomic E-state index is -0.259. The van der Waals surface area contributed by atoms with Crippen LogP contribution in [-0.4, -0.2) is 49.6 Å². The maximum absolute atomic E-state index is 6.24. The highest BCUT2D eigenvalue weighted by Crippen LogP contribution is 2.38. The summed E-state index contributed by atoms with van der Waals surface area (Å²) in [6.07, 6.45) is 0.760. The van der Waals surface area contributed by atoms with Gasteiger partial charge in [-0.05, 0) is 54.9 Å². The van der Waals surface area contributed by atoms with Crippen LogP contribution in [0.2, 0.25) is 5.02 Å². The van der Waals surface area contributed by atoms with Crippen molar-refractivity contribution in [1.29, 1.82) is 0 Å². The number of fused-ring (bicyclic) bond motifs is 3. The molecule has 146 valence electrons. The smallest absolute Gasteiger partial charge is 0.191 e. The van der Waals surface area contributed by atoms with E-state index in [0.717, 1.165) is 29.3 Å². The molecule has 6 heteroatoms. The monoisotopic (exact) mass is 398 g/mol. The Labute approximate surface area is 169 Å². The molecule has 5 nitrogen and oxygen atoms in total. The van der Waals surface area contributed by atoms with Gasteiger partial charge in [-0.3, -0.25) is 4.90 Å². The Morgan fingerprint density at radius 3 is 2.71 bits per heavy atom. The first-order valence-corrected chi connectivity index (χ1v) is 10.0. The van der Waals surface area contributed by atoms with E-state index in [1.807, 2.05) is 18.2 Å². The van der Waals surface area contributed by atoms with Crippen molar-refractivity contribution in [2.75, 3.05) is 33.4 Å². The summed E-state index contributed by atoms with van der Waals surface area (Å²) >= 11 is 6.24. The van der Waals surface area contributed by atoms with Crippen molar-refractivity contribution in [3.8, 4) is 5.75 Å². The van der Waals surface area contributed by atoms with Crippen molar-refractivity contribution in [1.82, 2.24) is 9.88 Å².